The van der Waals surface area contributed by atoms with E-state index >= 15 is 0 Å². The molecule has 0 radical (unpaired) electrons. The van der Waals surface area contributed by atoms with Crippen molar-refractivity contribution in [3.05, 3.63) is 54.6 Å². The Bertz CT molecular complexity index is 571. The van der Waals surface area contributed by atoms with Gasteiger partial charge in [-0.25, -0.2) is 8.78 Å². The van der Waals surface area contributed by atoms with Gasteiger partial charge in [-0.3, -0.25) is 0 Å². The smallest absolute Gasteiger partial charge is 0.126 e. The number of hydrogen-bond acceptors (Lipinski definition) is 2. The topological polar surface area (TPSA) is 26.0 Å². The second-order valence-electron chi connectivity index (χ2n) is 3.83. The van der Waals surface area contributed by atoms with E-state index in [1.807, 2.05) is 6.07 Å². The number of halogens is 4. The zero-order valence-electron chi connectivity index (χ0n) is 9.09. The molecule has 18 heavy (non-hydrogen) atoms. The molecule has 6 heteroatoms. The first-order valence-electron chi connectivity index (χ1n) is 5.11. The fraction of sp³-hybridized carbons (Fsp3) is 0.167. The molecule has 0 saturated heterocycles. The van der Waals surface area contributed by atoms with Crippen molar-refractivity contribution in [1.82, 2.24) is 0 Å². The summed E-state index contributed by atoms with van der Waals surface area (Å²) in [5.41, 5.74) is 7.20. The summed E-state index contributed by atoms with van der Waals surface area (Å²) in [5.74, 6) is -0.888. The molecule has 0 fully saturated rings. The number of nitrogens with two attached hydrogens (primary N) is 1. The summed E-state index contributed by atoms with van der Waals surface area (Å²) >= 11 is 8.27. The van der Waals surface area contributed by atoms with Gasteiger partial charge in [0.2, 0.25) is 0 Å². The van der Waals surface area contributed by atoms with Crippen molar-refractivity contribution >= 4 is 43.2 Å². The van der Waals surface area contributed by atoms with Crippen LogP contribution in [-0.4, -0.2) is 0 Å². The van der Waals surface area contributed by atoms with Crippen LogP contribution in [0.2, 0.25) is 0 Å². The van der Waals surface area contributed by atoms with Gasteiger partial charge in [0.1, 0.15) is 11.6 Å². The van der Waals surface area contributed by atoms with E-state index in [0.29, 0.717) is 0 Å². The van der Waals surface area contributed by atoms with Gasteiger partial charge in [-0.15, -0.1) is 11.3 Å². The van der Waals surface area contributed by atoms with Crippen LogP contribution in [0.25, 0.3) is 0 Å². The predicted octanol–water partition coefficient (Wildman–Crippen LogP) is 4.79. The highest BCUT2D eigenvalue weighted by Gasteiger charge is 2.16. The molecule has 96 valence electrons. The first kappa shape index (κ1) is 14.1. The largest absolute Gasteiger partial charge is 0.324 e. The Balaban J connectivity index is 2.23. The maximum Gasteiger partial charge on any atom is 0.126 e. The minimum atomic E-state index is -0.454. The molecule has 1 nitrogen and oxygen atoms in total. The highest BCUT2D eigenvalue weighted by molar-refractivity contribution is 9.12. The lowest BCUT2D eigenvalue weighted by Gasteiger charge is -2.11. The molecule has 1 aromatic carbocycles. The SMILES string of the molecule is NC(Cc1cc(F)ccc1F)c1cc(Br)sc1Br. The van der Waals surface area contributed by atoms with E-state index in [9.17, 15) is 8.78 Å². The van der Waals surface area contributed by atoms with Crippen LogP contribution in [0.3, 0.4) is 0 Å². The molecule has 2 aromatic rings. The maximum absolute atomic E-state index is 13.5. The molecule has 0 saturated carbocycles. The predicted molar refractivity (Wildman–Crippen MR) is 76.7 cm³/mol. The van der Waals surface area contributed by atoms with Crippen molar-refractivity contribution in [2.24, 2.45) is 5.73 Å². The van der Waals surface area contributed by atoms with E-state index in [1.165, 1.54) is 17.4 Å². The first-order valence-corrected chi connectivity index (χ1v) is 7.52. The van der Waals surface area contributed by atoms with Crippen molar-refractivity contribution in [2.45, 2.75) is 12.5 Å². The van der Waals surface area contributed by atoms with Crippen LogP contribution in [0.1, 0.15) is 17.2 Å². The molecular formula is C12H9Br2F2NS. The molecule has 1 aromatic heterocycles. The standard InChI is InChI=1S/C12H9Br2F2NS/c13-11-5-8(12(14)18-11)10(17)4-6-3-7(15)1-2-9(6)16/h1-3,5,10H,4,17H2. The van der Waals surface area contributed by atoms with Gasteiger partial charge < -0.3 is 5.73 Å². The van der Waals surface area contributed by atoms with Gasteiger partial charge in [-0.1, -0.05) is 0 Å². The Labute approximate surface area is 124 Å². The van der Waals surface area contributed by atoms with Crippen LogP contribution in [0.4, 0.5) is 8.78 Å². The van der Waals surface area contributed by atoms with Crippen LogP contribution >= 0.6 is 43.2 Å². The quantitative estimate of drug-likeness (QED) is 0.792. The van der Waals surface area contributed by atoms with Gasteiger partial charge in [0.15, 0.2) is 0 Å². The molecular weight excluding hydrogens is 388 g/mol. The Morgan fingerprint density at radius 1 is 1.22 bits per heavy atom. The first-order chi connectivity index (χ1) is 8.47. The maximum atomic E-state index is 13.5. The van der Waals surface area contributed by atoms with E-state index in [2.05, 4.69) is 31.9 Å². The average molecular weight is 397 g/mol. The summed E-state index contributed by atoms with van der Waals surface area (Å²) in [7, 11) is 0. The monoisotopic (exact) mass is 395 g/mol. The van der Waals surface area contributed by atoms with Crippen LogP contribution in [0.5, 0.6) is 0 Å². The second kappa shape index (κ2) is 5.77. The van der Waals surface area contributed by atoms with E-state index in [1.54, 1.807) is 0 Å². The van der Waals surface area contributed by atoms with E-state index in [4.69, 9.17) is 5.73 Å². The zero-order valence-corrected chi connectivity index (χ0v) is 13.1. The molecule has 2 N–H and O–H groups in total. The lowest BCUT2D eigenvalue weighted by molar-refractivity contribution is 0.572. The normalized spacial score (nSPS) is 12.7. The van der Waals surface area contributed by atoms with Crippen LogP contribution < -0.4 is 5.73 Å². The summed E-state index contributed by atoms with van der Waals surface area (Å²) in [6.45, 7) is 0. The Hall–Kier alpha value is -0.300. The lowest BCUT2D eigenvalue weighted by atomic mass is 10.0. The van der Waals surface area contributed by atoms with Gasteiger partial charge in [-0.05, 0) is 73.7 Å². The van der Waals surface area contributed by atoms with Gasteiger partial charge in [-0.2, -0.15) is 0 Å². The van der Waals surface area contributed by atoms with E-state index in [-0.39, 0.29) is 18.0 Å². The minimum absolute atomic E-state index is 0.255. The summed E-state index contributed by atoms with van der Waals surface area (Å²) in [4.78, 5) is 0. The molecule has 0 bridgehead atoms. The summed E-state index contributed by atoms with van der Waals surface area (Å²) in [6, 6.07) is 4.91. The fourth-order valence-electron chi connectivity index (χ4n) is 1.65. The molecule has 2 rings (SSSR count). The third-order valence-electron chi connectivity index (χ3n) is 2.53. The summed E-state index contributed by atoms with van der Waals surface area (Å²) in [5, 5.41) is 0. The molecule has 0 aliphatic carbocycles. The van der Waals surface area contributed by atoms with Gasteiger partial charge >= 0.3 is 0 Å². The third kappa shape index (κ3) is 3.17. The average Bonchev–Trinajstić information content (AvgIpc) is 2.63. The van der Waals surface area contributed by atoms with Crippen molar-refractivity contribution < 1.29 is 8.78 Å². The van der Waals surface area contributed by atoms with Crippen molar-refractivity contribution in [2.75, 3.05) is 0 Å². The molecule has 1 atom stereocenters. The van der Waals surface area contributed by atoms with E-state index < -0.39 is 11.6 Å². The van der Waals surface area contributed by atoms with Gasteiger partial charge in [0, 0.05) is 6.04 Å². The molecule has 0 spiro atoms. The molecule has 1 heterocycles. The zero-order chi connectivity index (χ0) is 13.3. The molecule has 0 aliphatic rings. The summed E-state index contributed by atoms with van der Waals surface area (Å²) in [6.07, 6.45) is 0.255. The fourth-order valence-corrected chi connectivity index (χ4v) is 4.65. The van der Waals surface area contributed by atoms with Crippen molar-refractivity contribution in [3.63, 3.8) is 0 Å². The lowest BCUT2D eigenvalue weighted by Crippen LogP contribution is -2.14. The third-order valence-corrected chi connectivity index (χ3v) is 4.92. The number of hydrogen-bond donors (Lipinski definition) is 1. The second-order valence-corrected chi connectivity index (χ2v) is 7.58. The van der Waals surface area contributed by atoms with Crippen molar-refractivity contribution in [1.29, 1.82) is 0 Å². The highest BCUT2D eigenvalue weighted by atomic mass is 79.9. The van der Waals surface area contributed by atoms with Gasteiger partial charge in [0.05, 0.1) is 7.57 Å². The Morgan fingerprint density at radius 3 is 2.56 bits per heavy atom. The van der Waals surface area contributed by atoms with Crippen LogP contribution in [-0.2, 0) is 6.42 Å². The Morgan fingerprint density at radius 2 is 1.94 bits per heavy atom. The molecule has 0 aliphatic heterocycles. The number of benzene rings is 1. The Kier molecular flexibility index (Phi) is 4.53. The van der Waals surface area contributed by atoms with Crippen LogP contribution in [0.15, 0.2) is 31.8 Å². The number of thiophene rings is 1. The highest BCUT2D eigenvalue weighted by Crippen LogP contribution is 2.35. The summed E-state index contributed by atoms with van der Waals surface area (Å²) < 4.78 is 28.4. The molecule has 0 amide bonds. The van der Waals surface area contributed by atoms with Crippen molar-refractivity contribution in [3.8, 4) is 0 Å². The van der Waals surface area contributed by atoms with Gasteiger partial charge in [0.25, 0.3) is 0 Å². The van der Waals surface area contributed by atoms with E-state index in [0.717, 1.165) is 25.3 Å². The molecule has 1 unspecified atom stereocenters. The number of rotatable bonds is 3. The van der Waals surface area contributed by atoms with Crippen LogP contribution in [0, 0.1) is 11.6 Å². The minimum Gasteiger partial charge on any atom is -0.324 e.